The van der Waals surface area contributed by atoms with Gasteiger partial charge < -0.3 is 10.6 Å². The van der Waals surface area contributed by atoms with Crippen molar-refractivity contribution >= 4 is 23.1 Å². The fourth-order valence-electron chi connectivity index (χ4n) is 2.16. The van der Waals surface area contributed by atoms with Crippen LogP contribution in [0.5, 0.6) is 0 Å². The predicted octanol–water partition coefficient (Wildman–Crippen LogP) is 2.38. The highest BCUT2D eigenvalue weighted by atomic mass is 32.2. The minimum absolute atomic E-state index is 0.958. The number of nitrogen functional groups attached to an aromatic ring is 1. The summed E-state index contributed by atoms with van der Waals surface area (Å²) in [6.07, 6.45) is 4.53. The first-order chi connectivity index (χ1) is 7.33. The molecule has 0 fully saturated rings. The first-order valence-corrected chi connectivity index (χ1v) is 6.83. The van der Waals surface area contributed by atoms with Crippen LogP contribution in [0.3, 0.4) is 0 Å². The van der Waals surface area contributed by atoms with Gasteiger partial charge in [-0.25, -0.2) is 0 Å². The Hall–Kier alpha value is -0.830. The molecule has 0 radical (unpaired) electrons. The lowest BCUT2D eigenvalue weighted by atomic mass is 10.1. The number of fused-ring (bicyclic) bond motifs is 1. The predicted molar refractivity (Wildman–Crippen MR) is 69.8 cm³/mol. The third kappa shape index (κ3) is 2.23. The summed E-state index contributed by atoms with van der Waals surface area (Å²) in [5.41, 5.74) is 9.62. The lowest BCUT2D eigenvalue weighted by molar-refractivity contribution is 0.802. The van der Waals surface area contributed by atoms with Gasteiger partial charge in [-0.15, -0.1) is 0 Å². The Labute approximate surface area is 95.8 Å². The Morgan fingerprint density at radius 2 is 2.33 bits per heavy atom. The van der Waals surface area contributed by atoms with Crippen molar-refractivity contribution in [2.45, 2.75) is 12.8 Å². The molecular formula is C12H18N2S. The van der Waals surface area contributed by atoms with E-state index in [9.17, 15) is 0 Å². The molecule has 1 heterocycles. The van der Waals surface area contributed by atoms with E-state index < -0.39 is 0 Å². The van der Waals surface area contributed by atoms with Gasteiger partial charge >= 0.3 is 0 Å². The molecule has 15 heavy (non-hydrogen) atoms. The Morgan fingerprint density at radius 3 is 3.13 bits per heavy atom. The third-order valence-electron chi connectivity index (χ3n) is 2.94. The van der Waals surface area contributed by atoms with Crippen LogP contribution in [0.15, 0.2) is 18.2 Å². The Morgan fingerprint density at radius 1 is 1.47 bits per heavy atom. The lowest BCUT2D eigenvalue weighted by Crippen LogP contribution is -2.22. The van der Waals surface area contributed by atoms with E-state index in [2.05, 4.69) is 23.3 Å². The number of benzene rings is 1. The molecule has 3 heteroatoms. The van der Waals surface area contributed by atoms with Gasteiger partial charge in [-0.2, -0.15) is 11.8 Å². The summed E-state index contributed by atoms with van der Waals surface area (Å²) >= 11 is 1.92. The summed E-state index contributed by atoms with van der Waals surface area (Å²) in [7, 11) is 0. The third-order valence-corrected chi connectivity index (χ3v) is 3.63. The van der Waals surface area contributed by atoms with Crippen LogP contribution in [0.4, 0.5) is 11.4 Å². The zero-order valence-electron chi connectivity index (χ0n) is 9.20. The average Bonchev–Trinajstić information content (AvgIpc) is 2.64. The molecule has 0 saturated heterocycles. The fourth-order valence-corrected chi connectivity index (χ4v) is 2.58. The van der Waals surface area contributed by atoms with Crippen LogP contribution in [0.2, 0.25) is 0 Å². The highest BCUT2D eigenvalue weighted by Crippen LogP contribution is 2.31. The number of hydrogen-bond donors (Lipinski definition) is 1. The molecule has 2 rings (SSSR count). The van der Waals surface area contributed by atoms with Gasteiger partial charge in [0.2, 0.25) is 0 Å². The summed E-state index contributed by atoms with van der Waals surface area (Å²) in [5.74, 6) is 1.24. The Balaban J connectivity index is 2.05. The van der Waals surface area contributed by atoms with Crippen LogP contribution in [0.25, 0.3) is 0 Å². The molecule has 2 nitrogen and oxygen atoms in total. The maximum absolute atomic E-state index is 5.96. The monoisotopic (exact) mass is 222 g/mol. The number of rotatable bonds is 4. The van der Waals surface area contributed by atoms with Crippen molar-refractivity contribution in [1.82, 2.24) is 0 Å². The first kappa shape index (κ1) is 10.7. The Kier molecular flexibility index (Phi) is 3.41. The summed E-state index contributed by atoms with van der Waals surface area (Å²) in [6, 6.07) is 6.25. The van der Waals surface area contributed by atoms with Gasteiger partial charge in [0, 0.05) is 30.0 Å². The molecule has 0 bridgehead atoms. The van der Waals surface area contributed by atoms with Crippen molar-refractivity contribution < 1.29 is 0 Å². The number of nitrogens with two attached hydrogens (primary N) is 1. The number of thioether (sulfide) groups is 1. The SMILES string of the molecule is CSCCCN1CCc2c(N)cccc21. The van der Waals surface area contributed by atoms with Crippen molar-refractivity contribution in [3.05, 3.63) is 23.8 Å². The van der Waals surface area contributed by atoms with E-state index in [4.69, 9.17) is 5.73 Å². The maximum Gasteiger partial charge on any atom is 0.0420 e. The van der Waals surface area contributed by atoms with Gasteiger partial charge in [0.05, 0.1) is 0 Å². The number of anilines is 2. The van der Waals surface area contributed by atoms with Crippen molar-refractivity contribution in [2.24, 2.45) is 0 Å². The zero-order chi connectivity index (χ0) is 10.7. The molecule has 1 aliphatic heterocycles. The van der Waals surface area contributed by atoms with Gasteiger partial charge in [0.25, 0.3) is 0 Å². The quantitative estimate of drug-likeness (QED) is 0.626. The topological polar surface area (TPSA) is 29.3 Å². The minimum Gasteiger partial charge on any atom is -0.398 e. The molecule has 2 N–H and O–H groups in total. The average molecular weight is 222 g/mol. The van der Waals surface area contributed by atoms with E-state index in [0.717, 1.165) is 25.2 Å². The number of hydrogen-bond acceptors (Lipinski definition) is 3. The fraction of sp³-hybridized carbons (Fsp3) is 0.500. The largest absolute Gasteiger partial charge is 0.398 e. The van der Waals surface area contributed by atoms with Gasteiger partial charge in [0.1, 0.15) is 0 Å². The second-order valence-electron chi connectivity index (χ2n) is 3.93. The number of nitrogens with zero attached hydrogens (tertiary/aromatic N) is 1. The van der Waals surface area contributed by atoms with Crippen LogP contribution in [0.1, 0.15) is 12.0 Å². The molecular weight excluding hydrogens is 204 g/mol. The van der Waals surface area contributed by atoms with Gasteiger partial charge in [-0.1, -0.05) is 6.07 Å². The highest BCUT2D eigenvalue weighted by Gasteiger charge is 2.19. The van der Waals surface area contributed by atoms with E-state index in [-0.39, 0.29) is 0 Å². The molecule has 0 spiro atoms. The molecule has 0 saturated carbocycles. The van der Waals surface area contributed by atoms with Gasteiger partial charge in [-0.05, 0) is 37.0 Å². The summed E-state index contributed by atoms with van der Waals surface area (Å²) < 4.78 is 0. The molecule has 0 aliphatic carbocycles. The molecule has 1 aliphatic rings. The van der Waals surface area contributed by atoms with Crippen molar-refractivity contribution in [3.8, 4) is 0 Å². The van der Waals surface area contributed by atoms with Crippen LogP contribution >= 0.6 is 11.8 Å². The molecule has 1 aromatic carbocycles. The molecule has 0 aromatic heterocycles. The normalized spacial score (nSPS) is 14.3. The van der Waals surface area contributed by atoms with Crippen LogP contribution in [0, 0.1) is 0 Å². The van der Waals surface area contributed by atoms with Crippen molar-refractivity contribution in [2.75, 3.05) is 35.7 Å². The van der Waals surface area contributed by atoms with Crippen LogP contribution < -0.4 is 10.6 Å². The molecule has 0 amide bonds. The van der Waals surface area contributed by atoms with Gasteiger partial charge in [0.15, 0.2) is 0 Å². The van der Waals surface area contributed by atoms with E-state index in [1.807, 2.05) is 17.8 Å². The van der Waals surface area contributed by atoms with Gasteiger partial charge in [-0.3, -0.25) is 0 Å². The second kappa shape index (κ2) is 4.79. The lowest BCUT2D eigenvalue weighted by Gasteiger charge is -2.19. The smallest absolute Gasteiger partial charge is 0.0420 e. The standard InChI is InChI=1S/C12H18N2S/c1-15-9-3-7-14-8-6-10-11(13)4-2-5-12(10)14/h2,4-5H,3,6-9,13H2,1H3. The molecule has 0 atom stereocenters. The second-order valence-corrected chi connectivity index (χ2v) is 4.91. The zero-order valence-corrected chi connectivity index (χ0v) is 10.0. The van der Waals surface area contributed by atoms with E-state index >= 15 is 0 Å². The van der Waals surface area contributed by atoms with Crippen molar-refractivity contribution in [1.29, 1.82) is 0 Å². The summed E-state index contributed by atoms with van der Waals surface area (Å²) in [6.45, 7) is 2.30. The highest BCUT2D eigenvalue weighted by molar-refractivity contribution is 7.98. The summed E-state index contributed by atoms with van der Waals surface area (Å²) in [4.78, 5) is 2.46. The molecule has 0 unspecified atom stereocenters. The van der Waals surface area contributed by atoms with Crippen LogP contribution in [-0.4, -0.2) is 25.1 Å². The van der Waals surface area contributed by atoms with E-state index in [1.54, 1.807) is 0 Å². The maximum atomic E-state index is 5.96. The van der Waals surface area contributed by atoms with E-state index in [1.165, 1.54) is 23.4 Å². The summed E-state index contributed by atoms with van der Waals surface area (Å²) in [5, 5.41) is 0. The van der Waals surface area contributed by atoms with E-state index in [0.29, 0.717) is 0 Å². The van der Waals surface area contributed by atoms with Crippen LogP contribution in [-0.2, 0) is 6.42 Å². The first-order valence-electron chi connectivity index (χ1n) is 5.44. The van der Waals surface area contributed by atoms with Crippen molar-refractivity contribution in [3.63, 3.8) is 0 Å². The minimum atomic E-state index is 0.958. The Bertz CT molecular complexity index is 338. The molecule has 82 valence electrons. The molecule has 1 aromatic rings.